The lowest BCUT2D eigenvalue weighted by Gasteiger charge is -2.39. The van der Waals surface area contributed by atoms with Crippen LogP contribution in [0.15, 0.2) is 78.9 Å². The fourth-order valence-corrected chi connectivity index (χ4v) is 11.7. The van der Waals surface area contributed by atoms with E-state index in [1.807, 2.05) is 85.8 Å². The van der Waals surface area contributed by atoms with Crippen LogP contribution < -0.4 is 20.0 Å². The van der Waals surface area contributed by atoms with Gasteiger partial charge in [0.1, 0.15) is 5.54 Å². The quantitative estimate of drug-likeness (QED) is 0.243. The van der Waals surface area contributed by atoms with Crippen LogP contribution in [0.4, 0.5) is 21.2 Å². The molecule has 3 fully saturated rings. The number of anilines is 3. The van der Waals surface area contributed by atoms with Gasteiger partial charge >= 0.3 is 0 Å². The van der Waals surface area contributed by atoms with E-state index in [9.17, 15) is 19.5 Å². The molecule has 4 heterocycles. The summed E-state index contributed by atoms with van der Waals surface area (Å²) in [5.74, 6) is -1.14. The van der Waals surface area contributed by atoms with Crippen molar-refractivity contribution in [2.75, 3.05) is 54.7 Å². The Morgan fingerprint density at radius 3 is 2.31 bits per heavy atom. The monoisotopic (exact) mass is 713 g/mol. The summed E-state index contributed by atoms with van der Waals surface area (Å²) in [4.78, 5) is 50.0. The molecule has 3 aromatic rings. The van der Waals surface area contributed by atoms with Crippen molar-refractivity contribution in [1.29, 1.82) is 0 Å². The minimum atomic E-state index is -3.53. The van der Waals surface area contributed by atoms with E-state index in [0.717, 1.165) is 24.3 Å². The van der Waals surface area contributed by atoms with E-state index in [2.05, 4.69) is 10.2 Å². The fourth-order valence-electron chi connectivity index (χ4n) is 9.19. The molecular weight excluding hydrogens is 666 g/mol. The van der Waals surface area contributed by atoms with Crippen molar-refractivity contribution in [3.05, 3.63) is 90.0 Å². The Kier molecular flexibility index (Phi) is 9.32. The smallest absolute Gasteiger partial charge is 0.264 e. The van der Waals surface area contributed by atoms with E-state index >= 15 is 4.11 Å². The molecule has 3 aromatic carbocycles. The molecule has 0 unspecified atom stereocenters. The number of nitrogens with zero attached hydrogens (tertiary/aromatic N) is 4. The van der Waals surface area contributed by atoms with Crippen LogP contribution in [0.1, 0.15) is 37.3 Å². The number of halogens is 1. The molecule has 12 heteroatoms. The third-order valence-electron chi connectivity index (χ3n) is 11.6. The highest BCUT2D eigenvalue weighted by Gasteiger charge is 2.67. The van der Waals surface area contributed by atoms with Gasteiger partial charge in [0.25, 0.3) is 11.8 Å². The highest BCUT2D eigenvalue weighted by atomic mass is 28.4. The third-order valence-corrected chi connectivity index (χ3v) is 14.1. The molecule has 0 aliphatic carbocycles. The summed E-state index contributed by atoms with van der Waals surface area (Å²) >= 11 is 0. The second-order valence-corrected chi connectivity index (χ2v) is 18.8. The maximum absolute atomic E-state index is 16.5. The first-order valence-corrected chi connectivity index (χ1v) is 21.0. The summed E-state index contributed by atoms with van der Waals surface area (Å²) in [5.41, 5.74) is 0.891. The molecule has 3 amide bonds. The number of nitrogens with one attached hydrogen (secondary N) is 1. The Morgan fingerprint density at radius 1 is 1.00 bits per heavy atom. The first-order valence-electron chi connectivity index (χ1n) is 18.0. The number of hydrogen-bond donors (Lipinski definition) is 2. The molecule has 4 aliphatic heterocycles. The summed E-state index contributed by atoms with van der Waals surface area (Å²) in [5, 5.41) is 13.2. The molecule has 10 nitrogen and oxygen atoms in total. The number of hydrogen-bond acceptors (Lipinski definition) is 7. The number of benzene rings is 3. The largest absolute Gasteiger partial charge is 0.395 e. The SMILES string of the molecule is C[C@H]1[C@H]([Si](C)(C)F)[C@@H](CC(=O)N(CCO)Cc2ccccc2)O[C@]12C(=O)N(C)c1ccc(N3CN(c4ccccc4)C4(CCNCC4)C3=O)cc12. The van der Waals surface area contributed by atoms with Crippen molar-refractivity contribution in [1.82, 2.24) is 10.2 Å². The molecule has 4 atom stereocenters. The zero-order chi connectivity index (χ0) is 36.1. The van der Waals surface area contributed by atoms with E-state index in [4.69, 9.17) is 4.74 Å². The van der Waals surface area contributed by atoms with Crippen molar-refractivity contribution >= 4 is 43.2 Å². The maximum atomic E-state index is 16.5. The van der Waals surface area contributed by atoms with Gasteiger partial charge in [-0.1, -0.05) is 55.5 Å². The molecule has 4 aliphatic rings. The van der Waals surface area contributed by atoms with E-state index < -0.39 is 37.1 Å². The Bertz CT molecular complexity index is 1790. The Labute approximate surface area is 300 Å². The normalized spacial score (nSPS) is 25.7. The number of piperidine rings is 1. The first kappa shape index (κ1) is 35.3. The van der Waals surface area contributed by atoms with E-state index in [1.165, 1.54) is 0 Å². The topological polar surface area (TPSA) is 106 Å². The number of amides is 3. The molecule has 0 aromatic heterocycles. The molecule has 2 N–H and O–H groups in total. The van der Waals surface area contributed by atoms with Gasteiger partial charge in [0.15, 0.2) is 5.60 Å². The van der Waals surface area contributed by atoms with Crippen molar-refractivity contribution < 1.29 is 28.3 Å². The minimum Gasteiger partial charge on any atom is -0.395 e. The lowest BCUT2D eigenvalue weighted by molar-refractivity contribution is -0.149. The van der Waals surface area contributed by atoms with Gasteiger partial charge in [-0.05, 0) is 74.9 Å². The van der Waals surface area contributed by atoms with Crippen molar-refractivity contribution in [2.45, 2.75) is 68.6 Å². The predicted molar refractivity (Wildman–Crippen MR) is 198 cm³/mol. The lowest BCUT2D eigenvalue weighted by Crippen LogP contribution is -2.55. The molecule has 270 valence electrons. The van der Waals surface area contributed by atoms with Gasteiger partial charge in [0.05, 0.1) is 31.5 Å². The van der Waals surface area contributed by atoms with Gasteiger partial charge in [-0.2, -0.15) is 0 Å². The van der Waals surface area contributed by atoms with Crippen molar-refractivity contribution in [2.24, 2.45) is 5.92 Å². The summed E-state index contributed by atoms with van der Waals surface area (Å²) in [6.07, 6.45) is 0.351. The van der Waals surface area contributed by atoms with Gasteiger partial charge in [-0.25, -0.2) is 0 Å². The fraction of sp³-hybridized carbons (Fsp3) is 0.462. The van der Waals surface area contributed by atoms with Gasteiger partial charge in [-0.15, -0.1) is 0 Å². The molecular formula is C39H48FN5O5Si. The standard InChI is InChI=1S/C39H48FN5O5Si/c1-27-35(51(3,4)40)33(24-34(47)43(21-22-46)25-28-11-7-5-8-12-28)50-39(27)31-23-30(15-16-32(31)42(2)37(39)49)44-26-45(29-13-9-6-10-14-29)38(36(44)48)17-19-41-20-18-38/h5-16,23,27,33,35,41,46H,17-22,24-26H2,1-4H3/t27-,33+,35-,39+/m0/s1. The average Bonchev–Trinajstić information content (AvgIpc) is 3.66. The molecule has 0 saturated carbocycles. The van der Waals surface area contributed by atoms with Crippen LogP contribution in [-0.2, 0) is 31.3 Å². The maximum Gasteiger partial charge on any atom is 0.264 e. The Balaban J connectivity index is 1.24. The number of ether oxygens (including phenoxy) is 1. The van der Waals surface area contributed by atoms with E-state index in [1.54, 1.807) is 34.8 Å². The first-order chi connectivity index (χ1) is 24.4. The zero-order valence-corrected chi connectivity index (χ0v) is 30.8. The molecule has 51 heavy (non-hydrogen) atoms. The number of aliphatic hydroxyl groups excluding tert-OH is 1. The van der Waals surface area contributed by atoms with Crippen LogP contribution in [-0.4, -0.2) is 87.7 Å². The van der Waals surface area contributed by atoms with Crippen molar-refractivity contribution in [3.8, 4) is 0 Å². The molecule has 0 bridgehead atoms. The molecule has 2 spiro atoms. The highest BCUT2D eigenvalue weighted by molar-refractivity contribution is 6.72. The van der Waals surface area contributed by atoms with Gasteiger partial charge in [0.2, 0.25) is 14.3 Å². The number of aliphatic hydroxyl groups is 1. The van der Waals surface area contributed by atoms with Gasteiger partial charge < -0.3 is 34.0 Å². The number of para-hydroxylation sites is 1. The number of rotatable bonds is 9. The van der Waals surface area contributed by atoms with E-state index in [0.29, 0.717) is 43.0 Å². The minimum absolute atomic E-state index is 0.0148. The summed E-state index contributed by atoms with van der Waals surface area (Å²) in [7, 11) is -1.83. The number of carbonyl (C=O) groups is 3. The molecule has 7 rings (SSSR count). The summed E-state index contributed by atoms with van der Waals surface area (Å²) < 4.78 is 23.3. The van der Waals surface area contributed by atoms with Crippen LogP contribution >= 0.6 is 0 Å². The van der Waals surface area contributed by atoms with Crippen LogP contribution in [0.25, 0.3) is 0 Å². The van der Waals surface area contributed by atoms with Crippen molar-refractivity contribution in [3.63, 3.8) is 0 Å². The second kappa shape index (κ2) is 13.5. The molecule has 0 radical (unpaired) electrons. The number of likely N-dealkylation sites (N-methyl/N-ethyl adjacent to an activating group) is 1. The molecule has 3 saturated heterocycles. The number of fused-ring (bicyclic) bond motifs is 2. The number of carbonyl (C=O) groups excluding carboxylic acids is 3. The Hall–Kier alpha value is -4.10. The van der Waals surface area contributed by atoms with Crippen LogP contribution in [0.3, 0.4) is 0 Å². The second-order valence-electron chi connectivity index (χ2n) is 15.0. The average molecular weight is 714 g/mol. The summed E-state index contributed by atoms with van der Waals surface area (Å²) in [6.45, 7) is 7.11. The van der Waals surface area contributed by atoms with Gasteiger partial charge in [-0.3, -0.25) is 19.3 Å². The van der Waals surface area contributed by atoms with Crippen LogP contribution in [0, 0.1) is 5.92 Å². The predicted octanol–water partition coefficient (Wildman–Crippen LogP) is 4.78. The van der Waals surface area contributed by atoms with Gasteiger partial charge in [0, 0.05) is 48.5 Å². The Morgan fingerprint density at radius 2 is 1.67 bits per heavy atom. The van der Waals surface area contributed by atoms with E-state index in [-0.39, 0.29) is 37.3 Å². The summed E-state index contributed by atoms with van der Waals surface area (Å²) in [6, 6.07) is 25.1. The third kappa shape index (κ3) is 5.86. The van der Waals surface area contributed by atoms with Crippen LogP contribution in [0.5, 0.6) is 0 Å². The zero-order valence-electron chi connectivity index (χ0n) is 29.8. The van der Waals surface area contributed by atoms with Crippen LogP contribution in [0.2, 0.25) is 18.6 Å². The lowest BCUT2D eigenvalue weighted by atomic mass is 9.82. The highest BCUT2D eigenvalue weighted by Crippen LogP contribution is 2.60.